The molecule has 2 aliphatic rings. The lowest BCUT2D eigenvalue weighted by atomic mass is 9.73. The number of nitrogens with zero attached hydrogens (tertiary/aromatic N) is 2. The molecule has 1 saturated heterocycles. The third kappa shape index (κ3) is 7.71. The highest BCUT2D eigenvalue weighted by Crippen LogP contribution is 2.39. The third-order valence-corrected chi connectivity index (χ3v) is 7.89. The van der Waals surface area contributed by atoms with Gasteiger partial charge < -0.3 is 19.5 Å². The Kier molecular flexibility index (Phi) is 9.45. The number of carbonyl (C=O) groups excluding carboxylic acids is 1. The molecule has 0 radical (unpaired) electrons. The zero-order valence-electron chi connectivity index (χ0n) is 22.0. The Morgan fingerprint density at radius 2 is 1.73 bits per heavy atom. The fourth-order valence-electron chi connectivity index (χ4n) is 5.72. The number of methoxy groups -OCH3 is 1. The number of para-hydroxylation sites is 1. The number of aryl methyl sites for hydroxylation is 1. The molecule has 2 aromatic carbocycles. The van der Waals surface area contributed by atoms with Crippen molar-refractivity contribution < 1.29 is 24.2 Å². The first-order valence-electron chi connectivity index (χ1n) is 13.5. The predicted octanol–water partition coefficient (Wildman–Crippen LogP) is 4.78. The first-order valence-corrected chi connectivity index (χ1v) is 13.5. The van der Waals surface area contributed by atoms with Gasteiger partial charge in [-0.15, -0.1) is 0 Å². The molecule has 37 heavy (non-hydrogen) atoms. The van der Waals surface area contributed by atoms with Crippen LogP contribution in [0.2, 0.25) is 0 Å². The number of benzene rings is 2. The van der Waals surface area contributed by atoms with Gasteiger partial charge in [0, 0.05) is 39.1 Å². The summed E-state index contributed by atoms with van der Waals surface area (Å²) < 4.78 is 11.6. The molecule has 1 amide bonds. The number of carbonyl (C=O) groups is 2. The average Bonchev–Trinajstić information content (AvgIpc) is 2.90. The van der Waals surface area contributed by atoms with Crippen LogP contribution in [0.15, 0.2) is 48.5 Å². The van der Waals surface area contributed by atoms with E-state index in [2.05, 4.69) is 35.2 Å². The molecular formula is C30H40N2O5. The number of amides is 1. The van der Waals surface area contributed by atoms with E-state index in [4.69, 9.17) is 14.6 Å². The number of hydrogen-bond acceptors (Lipinski definition) is 5. The smallest absolute Gasteiger partial charge is 0.303 e. The number of fused-ring (bicyclic) bond motifs is 1. The second kappa shape index (κ2) is 13.0. The van der Waals surface area contributed by atoms with Crippen LogP contribution in [0.5, 0.6) is 11.5 Å². The summed E-state index contributed by atoms with van der Waals surface area (Å²) in [6.07, 6.45) is 6.28. The highest BCUT2D eigenvalue weighted by molar-refractivity contribution is 5.80. The molecule has 1 fully saturated rings. The number of aliphatic carboxylic acids is 1. The molecule has 0 aliphatic carbocycles. The lowest BCUT2D eigenvalue weighted by molar-refractivity contribution is -0.141. The van der Waals surface area contributed by atoms with Crippen LogP contribution in [0.3, 0.4) is 0 Å². The van der Waals surface area contributed by atoms with Crippen LogP contribution in [-0.2, 0) is 22.6 Å². The predicted molar refractivity (Wildman–Crippen MR) is 143 cm³/mol. The number of hydrogen-bond donors (Lipinski definition) is 1. The minimum absolute atomic E-state index is 0.0366. The molecule has 0 bridgehead atoms. The van der Waals surface area contributed by atoms with E-state index in [1.165, 1.54) is 11.1 Å². The lowest BCUT2D eigenvalue weighted by Crippen LogP contribution is -2.48. The van der Waals surface area contributed by atoms with Crippen molar-refractivity contribution in [3.63, 3.8) is 0 Å². The average molecular weight is 509 g/mol. The van der Waals surface area contributed by atoms with Gasteiger partial charge in [-0.25, -0.2) is 0 Å². The van der Waals surface area contributed by atoms with Crippen LogP contribution in [0.1, 0.15) is 56.1 Å². The summed E-state index contributed by atoms with van der Waals surface area (Å²) in [4.78, 5) is 27.9. The van der Waals surface area contributed by atoms with Gasteiger partial charge >= 0.3 is 5.97 Å². The van der Waals surface area contributed by atoms with Gasteiger partial charge in [0.25, 0.3) is 0 Å². The van der Waals surface area contributed by atoms with E-state index in [0.717, 1.165) is 69.7 Å². The van der Waals surface area contributed by atoms with Crippen molar-refractivity contribution in [3.8, 4) is 11.5 Å². The molecule has 1 spiro atoms. The Morgan fingerprint density at radius 1 is 0.973 bits per heavy atom. The Labute approximate surface area is 220 Å². The van der Waals surface area contributed by atoms with Crippen molar-refractivity contribution in [1.29, 1.82) is 0 Å². The van der Waals surface area contributed by atoms with E-state index >= 15 is 0 Å². The molecular weight excluding hydrogens is 468 g/mol. The van der Waals surface area contributed by atoms with Gasteiger partial charge in [-0.2, -0.15) is 0 Å². The summed E-state index contributed by atoms with van der Waals surface area (Å²) in [6.45, 7) is 4.65. The highest BCUT2D eigenvalue weighted by atomic mass is 16.5. The van der Waals surface area contributed by atoms with Crippen molar-refractivity contribution in [1.82, 2.24) is 9.80 Å². The summed E-state index contributed by atoms with van der Waals surface area (Å²) in [6, 6.07) is 16.7. The Bertz CT molecular complexity index is 1030. The van der Waals surface area contributed by atoms with Crippen molar-refractivity contribution in [2.24, 2.45) is 5.41 Å². The maximum atomic E-state index is 12.6. The molecule has 0 atom stereocenters. The van der Waals surface area contributed by atoms with E-state index in [1.807, 2.05) is 23.1 Å². The first kappa shape index (κ1) is 27.0. The normalized spacial score (nSPS) is 18.7. The van der Waals surface area contributed by atoms with E-state index in [-0.39, 0.29) is 24.2 Å². The van der Waals surface area contributed by atoms with Crippen LogP contribution in [-0.4, -0.2) is 66.7 Å². The summed E-state index contributed by atoms with van der Waals surface area (Å²) in [5.41, 5.74) is 2.65. The van der Waals surface area contributed by atoms with Crippen molar-refractivity contribution in [2.45, 2.75) is 57.9 Å². The minimum Gasteiger partial charge on any atom is -0.497 e. The van der Waals surface area contributed by atoms with Crippen LogP contribution in [0.25, 0.3) is 0 Å². The topological polar surface area (TPSA) is 79.3 Å². The number of piperidine rings is 1. The molecule has 0 unspecified atom stereocenters. The van der Waals surface area contributed by atoms with Crippen molar-refractivity contribution >= 4 is 11.9 Å². The summed E-state index contributed by atoms with van der Waals surface area (Å²) in [5, 5.41) is 8.96. The number of carboxylic acid groups (broad SMARTS) is 1. The molecule has 0 saturated carbocycles. The summed E-state index contributed by atoms with van der Waals surface area (Å²) in [5.74, 6) is 0.897. The quantitative estimate of drug-likeness (QED) is 0.605. The van der Waals surface area contributed by atoms with Gasteiger partial charge in [-0.1, -0.05) is 36.8 Å². The Morgan fingerprint density at radius 3 is 2.46 bits per heavy atom. The zero-order chi connectivity index (χ0) is 26.1. The van der Waals surface area contributed by atoms with Crippen molar-refractivity contribution in [2.75, 3.05) is 39.9 Å². The van der Waals surface area contributed by atoms with Gasteiger partial charge in [0.05, 0.1) is 13.5 Å². The molecule has 1 N–H and O–H groups in total. The highest BCUT2D eigenvalue weighted by Gasteiger charge is 2.37. The SMILES string of the molecule is COc1ccc(CN2CCOc3ccccc3CCCCC3(CCN(C(=O)CCC(=O)O)CC3)C2)cc1. The number of ether oxygens (including phenoxy) is 2. The summed E-state index contributed by atoms with van der Waals surface area (Å²) in [7, 11) is 1.68. The van der Waals surface area contributed by atoms with E-state index in [0.29, 0.717) is 19.7 Å². The van der Waals surface area contributed by atoms with Crippen LogP contribution >= 0.6 is 0 Å². The zero-order valence-corrected chi connectivity index (χ0v) is 22.0. The van der Waals surface area contributed by atoms with Gasteiger partial charge in [0.1, 0.15) is 18.1 Å². The lowest BCUT2D eigenvalue weighted by Gasteiger charge is -2.45. The third-order valence-electron chi connectivity index (χ3n) is 7.89. The maximum Gasteiger partial charge on any atom is 0.303 e. The number of carboxylic acids is 1. The Balaban J connectivity index is 1.49. The molecule has 7 nitrogen and oxygen atoms in total. The monoisotopic (exact) mass is 508 g/mol. The summed E-state index contributed by atoms with van der Waals surface area (Å²) >= 11 is 0. The largest absolute Gasteiger partial charge is 0.497 e. The van der Waals surface area contributed by atoms with Crippen molar-refractivity contribution in [3.05, 3.63) is 59.7 Å². The molecule has 7 heteroatoms. The van der Waals surface area contributed by atoms with Gasteiger partial charge in [0.15, 0.2) is 0 Å². The molecule has 4 rings (SSSR count). The molecule has 2 aliphatic heterocycles. The van der Waals surface area contributed by atoms with Gasteiger partial charge in [-0.3, -0.25) is 14.5 Å². The number of rotatable bonds is 6. The second-order valence-electron chi connectivity index (χ2n) is 10.5. The Hall–Kier alpha value is -3.06. The maximum absolute atomic E-state index is 12.6. The second-order valence-corrected chi connectivity index (χ2v) is 10.5. The minimum atomic E-state index is -0.917. The van der Waals surface area contributed by atoms with E-state index in [1.54, 1.807) is 7.11 Å². The first-order chi connectivity index (χ1) is 18.0. The molecule has 200 valence electrons. The van der Waals surface area contributed by atoms with E-state index < -0.39 is 5.97 Å². The van der Waals surface area contributed by atoms with Gasteiger partial charge in [0.2, 0.25) is 5.91 Å². The molecule has 0 aromatic heterocycles. The van der Waals surface area contributed by atoms with E-state index in [9.17, 15) is 9.59 Å². The molecule has 2 aromatic rings. The molecule has 2 heterocycles. The standard InChI is InChI=1S/C30H40N2O5/c1-36-26-11-9-24(10-12-26)22-31-20-21-37-27-8-3-2-6-25(27)7-4-5-15-30(23-31)16-18-32(19-17-30)28(33)13-14-29(34)35/h2-3,6,8-12H,4-5,7,13-23H2,1H3,(H,34,35). The number of likely N-dealkylation sites (tertiary alicyclic amines) is 1. The van der Waals surface area contributed by atoms with Crippen LogP contribution < -0.4 is 9.47 Å². The van der Waals surface area contributed by atoms with Gasteiger partial charge in [-0.05, 0) is 66.8 Å². The van der Waals surface area contributed by atoms with Crippen LogP contribution in [0.4, 0.5) is 0 Å². The fraction of sp³-hybridized carbons (Fsp3) is 0.533. The fourth-order valence-corrected chi connectivity index (χ4v) is 5.72. The van der Waals surface area contributed by atoms with Crippen LogP contribution in [0, 0.1) is 5.41 Å².